The van der Waals surface area contributed by atoms with Gasteiger partial charge in [0.2, 0.25) is 0 Å². The molecule has 0 heterocycles. The number of aromatic carboxylic acids is 1. The Bertz CT molecular complexity index is 676. The molecule has 0 amide bonds. The minimum atomic E-state index is -0.931. The molecule has 126 valence electrons. The van der Waals surface area contributed by atoms with Gasteiger partial charge in [-0.25, -0.2) is 4.79 Å². The molecule has 0 aliphatic rings. The summed E-state index contributed by atoms with van der Waals surface area (Å²) in [5.74, 6) is -0.717. The Hall–Kier alpha value is -2.42. The van der Waals surface area contributed by atoms with E-state index in [-0.39, 0.29) is 17.3 Å². The quantitative estimate of drug-likeness (QED) is 0.736. The molecule has 0 saturated carbocycles. The third-order valence-corrected chi connectivity index (χ3v) is 4.32. The van der Waals surface area contributed by atoms with Gasteiger partial charge in [-0.2, -0.15) is 0 Å². The number of Topliss-reactive ketones (excluding diaryl/α,β-unsaturated/α-hetero) is 1. The Morgan fingerprint density at radius 3 is 2.38 bits per heavy atom. The summed E-state index contributed by atoms with van der Waals surface area (Å²) in [6.07, 6.45) is 3.89. The number of aryl methyl sites for hydroxylation is 1. The number of hydrogen-bond acceptors (Lipinski definition) is 2. The molecule has 1 N–H and O–H groups in total. The average Bonchev–Trinajstić information content (AvgIpc) is 2.61. The molecule has 3 heteroatoms. The van der Waals surface area contributed by atoms with Crippen LogP contribution in [0.1, 0.15) is 47.7 Å². The van der Waals surface area contributed by atoms with Gasteiger partial charge in [-0.1, -0.05) is 49.4 Å². The van der Waals surface area contributed by atoms with Crippen LogP contribution in [0.15, 0.2) is 54.6 Å². The highest BCUT2D eigenvalue weighted by Crippen LogP contribution is 2.19. The maximum atomic E-state index is 12.3. The van der Waals surface area contributed by atoms with E-state index in [1.165, 1.54) is 5.56 Å². The summed E-state index contributed by atoms with van der Waals surface area (Å²) in [6, 6.07) is 17.2. The van der Waals surface area contributed by atoms with E-state index in [0.29, 0.717) is 12.8 Å². The number of carboxylic acid groups (broad SMARTS) is 1. The smallest absolute Gasteiger partial charge is 0.335 e. The molecular weight excluding hydrogens is 300 g/mol. The van der Waals surface area contributed by atoms with E-state index < -0.39 is 5.97 Å². The average molecular weight is 324 g/mol. The standard InChI is InChI=1S/C21H24O3/c1-2-20(22)18(12-6-10-16-8-4-3-5-9-16)14-17-11-7-13-19(15-17)21(23)24/h3-5,7-9,11,13,15,18H,2,6,10,12,14H2,1H3,(H,23,24). The lowest BCUT2D eigenvalue weighted by Gasteiger charge is -2.15. The fourth-order valence-corrected chi connectivity index (χ4v) is 2.98. The van der Waals surface area contributed by atoms with Crippen molar-refractivity contribution in [3.05, 3.63) is 71.3 Å². The van der Waals surface area contributed by atoms with Crippen LogP contribution in [0.2, 0.25) is 0 Å². The van der Waals surface area contributed by atoms with E-state index in [9.17, 15) is 9.59 Å². The van der Waals surface area contributed by atoms with Crippen LogP contribution in [0.25, 0.3) is 0 Å². The molecule has 2 aromatic rings. The van der Waals surface area contributed by atoms with Crippen LogP contribution in [-0.4, -0.2) is 16.9 Å². The Morgan fingerprint density at radius 2 is 1.71 bits per heavy atom. The molecule has 24 heavy (non-hydrogen) atoms. The van der Waals surface area contributed by atoms with Crippen molar-refractivity contribution in [1.29, 1.82) is 0 Å². The molecule has 1 atom stereocenters. The second kappa shape index (κ2) is 9.02. The number of carbonyl (C=O) groups is 2. The summed E-state index contributed by atoms with van der Waals surface area (Å²) in [5, 5.41) is 9.10. The third kappa shape index (κ3) is 5.34. The van der Waals surface area contributed by atoms with Crippen molar-refractivity contribution >= 4 is 11.8 Å². The highest BCUT2D eigenvalue weighted by Gasteiger charge is 2.17. The lowest BCUT2D eigenvalue weighted by atomic mass is 9.88. The zero-order valence-corrected chi connectivity index (χ0v) is 14.1. The molecule has 0 spiro atoms. The second-order valence-corrected chi connectivity index (χ2v) is 6.10. The largest absolute Gasteiger partial charge is 0.478 e. The zero-order valence-electron chi connectivity index (χ0n) is 14.1. The molecule has 3 nitrogen and oxygen atoms in total. The third-order valence-electron chi connectivity index (χ3n) is 4.32. The van der Waals surface area contributed by atoms with Crippen LogP contribution in [-0.2, 0) is 17.6 Å². The molecule has 0 radical (unpaired) electrons. The first kappa shape index (κ1) is 17.9. The number of carboxylic acids is 1. The molecule has 0 aromatic heterocycles. The van der Waals surface area contributed by atoms with Gasteiger partial charge < -0.3 is 5.11 Å². The maximum absolute atomic E-state index is 12.3. The summed E-state index contributed by atoms with van der Waals surface area (Å²) < 4.78 is 0. The number of benzene rings is 2. The fraction of sp³-hybridized carbons (Fsp3) is 0.333. The predicted octanol–water partition coefficient (Wildman–Crippen LogP) is 4.55. The summed E-state index contributed by atoms with van der Waals surface area (Å²) in [7, 11) is 0. The minimum absolute atomic E-state index is 0.0391. The molecule has 0 saturated heterocycles. The molecule has 1 unspecified atom stereocenters. The van der Waals surface area contributed by atoms with Crippen molar-refractivity contribution in [3.63, 3.8) is 0 Å². The monoisotopic (exact) mass is 324 g/mol. The van der Waals surface area contributed by atoms with Crippen LogP contribution in [0, 0.1) is 5.92 Å². The molecule has 0 bridgehead atoms. The van der Waals surface area contributed by atoms with Crippen molar-refractivity contribution in [2.75, 3.05) is 0 Å². The fourth-order valence-electron chi connectivity index (χ4n) is 2.98. The highest BCUT2D eigenvalue weighted by atomic mass is 16.4. The van der Waals surface area contributed by atoms with Gasteiger partial charge in [0.25, 0.3) is 0 Å². The van der Waals surface area contributed by atoms with Gasteiger partial charge >= 0.3 is 5.97 Å². The first-order valence-corrected chi connectivity index (χ1v) is 8.49. The van der Waals surface area contributed by atoms with Gasteiger partial charge in [0.1, 0.15) is 5.78 Å². The van der Waals surface area contributed by atoms with Crippen molar-refractivity contribution in [2.24, 2.45) is 5.92 Å². The van der Waals surface area contributed by atoms with Crippen molar-refractivity contribution in [1.82, 2.24) is 0 Å². The molecule has 2 aromatic carbocycles. The molecule has 0 aliphatic carbocycles. The summed E-state index contributed by atoms with van der Waals surface area (Å²) in [6.45, 7) is 1.89. The van der Waals surface area contributed by atoms with Crippen LogP contribution in [0.3, 0.4) is 0 Å². The van der Waals surface area contributed by atoms with Gasteiger partial charge in [0.05, 0.1) is 5.56 Å². The first-order valence-electron chi connectivity index (χ1n) is 8.49. The predicted molar refractivity (Wildman–Crippen MR) is 95.3 cm³/mol. The SMILES string of the molecule is CCC(=O)C(CCCc1ccccc1)Cc1cccc(C(=O)O)c1. The first-order chi connectivity index (χ1) is 11.6. The summed E-state index contributed by atoms with van der Waals surface area (Å²) in [4.78, 5) is 23.4. The van der Waals surface area contributed by atoms with Crippen LogP contribution in [0.5, 0.6) is 0 Å². The van der Waals surface area contributed by atoms with E-state index in [2.05, 4.69) is 12.1 Å². The lowest BCUT2D eigenvalue weighted by molar-refractivity contribution is -0.122. The van der Waals surface area contributed by atoms with Crippen LogP contribution < -0.4 is 0 Å². The minimum Gasteiger partial charge on any atom is -0.478 e. The Morgan fingerprint density at radius 1 is 1.00 bits per heavy atom. The topological polar surface area (TPSA) is 54.4 Å². The molecule has 0 aliphatic heterocycles. The van der Waals surface area contributed by atoms with E-state index in [4.69, 9.17) is 5.11 Å². The van der Waals surface area contributed by atoms with Crippen molar-refractivity contribution in [3.8, 4) is 0 Å². The Labute approximate surface area is 143 Å². The van der Waals surface area contributed by atoms with E-state index >= 15 is 0 Å². The van der Waals surface area contributed by atoms with Gasteiger partial charge in [0.15, 0.2) is 0 Å². The highest BCUT2D eigenvalue weighted by molar-refractivity contribution is 5.87. The lowest BCUT2D eigenvalue weighted by Crippen LogP contribution is -2.17. The second-order valence-electron chi connectivity index (χ2n) is 6.10. The Balaban J connectivity index is 1.99. The van der Waals surface area contributed by atoms with Gasteiger partial charge in [-0.3, -0.25) is 4.79 Å². The van der Waals surface area contributed by atoms with Crippen molar-refractivity contribution in [2.45, 2.75) is 39.0 Å². The summed E-state index contributed by atoms with van der Waals surface area (Å²) in [5.41, 5.74) is 2.48. The Kier molecular flexibility index (Phi) is 6.74. The van der Waals surface area contributed by atoms with Gasteiger partial charge in [0, 0.05) is 12.3 Å². The van der Waals surface area contributed by atoms with Crippen molar-refractivity contribution < 1.29 is 14.7 Å². The number of hydrogen-bond donors (Lipinski definition) is 1. The molecule has 0 fully saturated rings. The summed E-state index contributed by atoms with van der Waals surface area (Å²) >= 11 is 0. The van der Waals surface area contributed by atoms with Gasteiger partial charge in [-0.05, 0) is 48.9 Å². The molecule has 2 rings (SSSR count). The number of carbonyl (C=O) groups excluding carboxylic acids is 1. The van der Waals surface area contributed by atoms with Crippen LogP contribution >= 0.6 is 0 Å². The van der Waals surface area contributed by atoms with Crippen LogP contribution in [0.4, 0.5) is 0 Å². The van der Waals surface area contributed by atoms with E-state index in [0.717, 1.165) is 24.8 Å². The van der Waals surface area contributed by atoms with E-state index in [1.54, 1.807) is 18.2 Å². The maximum Gasteiger partial charge on any atom is 0.335 e. The zero-order chi connectivity index (χ0) is 17.4. The number of rotatable bonds is 9. The normalized spacial score (nSPS) is 11.9. The molecular formula is C21H24O3. The van der Waals surface area contributed by atoms with Gasteiger partial charge in [-0.15, -0.1) is 0 Å². The van der Waals surface area contributed by atoms with E-state index in [1.807, 2.05) is 31.2 Å². The number of ketones is 1.